The number of hydrogen-bond acceptors (Lipinski definition) is 3. The number of allylic oxidation sites excluding steroid dienone is 1. The van der Waals surface area contributed by atoms with Crippen molar-refractivity contribution in [2.24, 2.45) is 5.92 Å². The molecule has 29 heavy (non-hydrogen) atoms. The first-order valence-electron chi connectivity index (χ1n) is 11.4. The van der Waals surface area contributed by atoms with Gasteiger partial charge in [0.1, 0.15) is 0 Å². The summed E-state index contributed by atoms with van der Waals surface area (Å²) in [5, 5.41) is 10.3. The quantitative estimate of drug-likeness (QED) is 0.377. The first-order chi connectivity index (χ1) is 12.9. The Labute approximate surface area is 183 Å². The summed E-state index contributed by atoms with van der Waals surface area (Å²) in [6, 6.07) is 2.55. The number of hydrogen-bond donors (Lipinski definition) is 0. The molecule has 0 saturated carbocycles. The lowest BCUT2D eigenvalue weighted by atomic mass is 9.76. The molecule has 1 rings (SSSR count). The molecule has 0 spiro atoms. The number of unbranched alkanes of at least 4 members (excludes halogenated alkanes) is 1. The molecular formula is C24H47NO2Si2. The summed E-state index contributed by atoms with van der Waals surface area (Å²) in [6.45, 7) is 27.3. The first kappa shape index (κ1) is 26.5. The molecule has 0 amide bonds. The molecule has 168 valence electrons. The van der Waals surface area contributed by atoms with Crippen LogP contribution in [0.15, 0.2) is 11.3 Å². The molecule has 0 aromatic heterocycles. The second-order valence-electron chi connectivity index (χ2n) is 12.3. The Bertz CT molecular complexity index is 647. The van der Waals surface area contributed by atoms with Gasteiger partial charge in [-0.05, 0) is 61.9 Å². The first-order valence-corrected chi connectivity index (χ1v) is 17.2. The Morgan fingerprint density at radius 2 is 1.55 bits per heavy atom. The molecule has 0 radical (unpaired) electrons. The Hall–Kier alpha value is -0.576. The van der Waals surface area contributed by atoms with E-state index >= 15 is 0 Å². The highest BCUT2D eigenvalue weighted by Crippen LogP contribution is 2.48. The van der Waals surface area contributed by atoms with E-state index in [4.69, 9.17) is 8.85 Å². The third kappa shape index (κ3) is 6.45. The molecule has 0 unspecified atom stereocenters. The Morgan fingerprint density at radius 3 is 1.97 bits per heavy atom. The van der Waals surface area contributed by atoms with Gasteiger partial charge in [0.25, 0.3) is 0 Å². The van der Waals surface area contributed by atoms with Crippen molar-refractivity contribution in [1.29, 1.82) is 5.26 Å². The van der Waals surface area contributed by atoms with E-state index in [0.717, 1.165) is 43.4 Å². The van der Waals surface area contributed by atoms with Crippen molar-refractivity contribution in [1.82, 2.24) is 0 Å². The van der Waals surface area contributed by atoms with E-state index in [2.05, 4.69) is 87.6 Å². The molecule has 0 bridgehead atoms. The van der Waals surface area contributed by atoms with E-state index in [-0.39, 0.29) is 21.6 Å². The van der Waals surface area contributed by atoms with Crippen molar-refractivity contribution in [3.63, 3.8) is 0 Å². The van der Waals surface area contributed by atoms with Gasteiger partial charge >= 0.3 is 0 Å². The zero-order chi connectivity index (χ0) is 22.9. The van der Waals surface area contributed by atoms with E-state index < -0.39 is 16.6 Å². The van der Waals surface area contributed by atoms with Gasteiger partial charge in [-0.25, -0.2) is 0 Å². The molecule has 0 heterocycles. The van der Waals surface area contributed by atoms with Crippen LogP contribution in [0.5, 0.6) is 0 Å². The van der Waals surface area contributed by atoms with Crippen LogP contribution in [0.25, 0.3) is 0 Å². The van der Waals surface area contributed by atoms with Crippen LogP contribution in [-0.2, 0) is 8.85 Å². The average molecular weight is 438 g/mol. The SMILES string of the molecule is CCCC[C@H]1C[C@](C)(O[Si](C)(C)C(C)(C)C)CC(O[Si](C)(C)C(C)(C)C)=C1C#N. The van der Waals surface area contributed by atoms with E-state index in [0.29, 0.717) is 0 Å². The third-order valence-electron chi connectivity index (χ3n) is 7.44. The fourth-order valence-corrected chi connectivity index (χ4v) is 6.41. The summed E-state index contributed by atoms with van der Waals surface area (Å²) >= 11 is 0. The van der Waals surface area contributed by atoms with Crippen molar-refractivity contribution >= 4 is 16.6 Å². The van der Waals surface area contributed by atoms with Gasteiger partial charge in [0.2, 0.25) is 8.32 Å². The molecule has 0 aromatic carbocycles. The molecule has 0 aliphatic heterocycles. The molecule has 0 fully saturated rings. The minimum Gasteiger partial charge on any atom is -0.546 e. The average Bonchev–Trinajstić information content (AvgIpc) is 2.49. The van der Waals surface area contributed by atoms with Gasteiger partial charge in [-0.1, -0.05) is 61.3 Å². The number of nitriles is 1. The van der Waals surface area contributed by atoms with Crippen LogP contribution in [-0.4, -0.2) is 22.2 Å². The Balaban J connectivity index is 3.38. The molecule has 0 saturated heterocycles. The fraction of sp³-hybridized carbons (Fsp3) is 0.875. The molecule has 0 aromatic rings. The van der Waals surface area contributed by atoms with Crippen molar-refractivity contribution in [2.75, 3.05) is 0 Å². The Morgan fingerprint density at radius 1 is 1.03 bits per heavy atom. The second kappa shape index (κ2) is 8.88. The number of nitrogens with zero attached hydrogens (tertiary/aromatic N) is 1. The maximum Gasteiger partial charge on any atom is 0.250 e. The van der Waals surface area contributed by atoms with Crippen LogP contribution < -0.4 is 0 Å². The van der Waals surface area contributed by atoms with Gasteiger partial charge in [0, 0.05) is 6.42 Å². The predicted octanol–water partition coefficient (Wildman–Crippen LogP) is 8.17. The van der Waals surface area contributed by atoms with E-state index in [1.54, 1.807) is 0 Å². The lowest BCUT2D eigenvalue weighted by Crippen LogP contribution is -2.51. The smallest absolute Gasteiger partial charge is 0.250 e. The lowest BCUT2D eigenvalue weighted by molar-refractivity contribution is 0.0300. The molecule has 5 heteroatoms. The van der Waals surface area contributed by atoms with Crippen LogP contribution in [0.2, 0.25) is 36.3 Å². The van der Waals surface area contributed by atoms with Gasteiger partial charge in [-0.2, -0.15) is 5.26 Å². The molecule has 3 nitrogen and oxygen atoms in total. The van der Waals surface area contributed by atoms with Gasteiger partial charge in [0.15, 0.2) is 8.32 Å². The standard InChI is InChI=1S/C24H47NO2Si2/c1-13-14-15-19-16-24(8,27-29(11,12)23(5,6)7)17-21(20(19)18-25)26-28(9,10)22(2,3)4/h19H,13-17H2,1-12H3/t19-,24-/m0/s1. The van der Waals surface area contributed by atoms with Crippen LogP contribution in [0, 0.1) is 17.2 Å². The van der Waals surface area contributed by atoms with Crippen molar-refractivity contribution in [3.8, 4) is 6.07 Å². The van der Waals surface area contributed by atoms with E-state index in [1.807, 2.05) is 0 Å². The predicted molar refractivity (Wildman–Crippen MR) is 130 cm³/mol. The molecule has 1 aliphatic rings. The van der Waals surface area contributed by atoms with Crippen molar-refractivity contribution in [3.05, 3.63) is 11.3 Å². The number of rotatable bonds is 7. The van der Waals surface area contributed by atoms with Gasteiger partial charge in [-0.15, -0.1) is 0 Å². The third-order valence-corrected chi connectivity index (χ3v) is 16.4. The van der Waals surface area contributed by atoms with E-state index in [9.17, 15) is 5.26 Å². The summed E-state index contributed by atoms with van der Waals surface area (Å²) in [7, 11) is -3.95. The highest BCUT2D eigenvalue weighted by Gasteiger charge is 2.48. The largest absolute Gasteiger partial charge is 0.546 e. The monoisotopic (exact) mass is 437 g/mol. The Kier molecular flexibility index (Phi) is 8.11. The summed E-state index contributed by atoms with van der Waals surface area (Å²) in [6.07, 6.45) is 4.97. The maximum absolute atomic E-state index is 10.1. The van der Waals surface area contributed by atoms with Gasteiger partial charge < -0.3 is 8.85 Å². The normalized spacial score (nSPS) is 24.4. The second-order valence-corrected chi connectivity index (χ2v) is 21.8. The summed E-state index contributed by atoms with van der Waals surface area (Å²) < 4.78 is 13.8. The highest BCUT2D eigenvalue weighted by molar-refractivity contribution is 6.74. The molecular weight excluding hydrogens is 390 g/mol. The minimum atomic E-state index is -2.02. The van der Waals surface area contributed by atoms with Gasteiger partial charge in [-0.3, -0.25) is 0 Å². The molecule has 2 atom stereocenters. The lowest BCUT2D eigenvalue weighted by Gasteiger charge is -2.49. The zero-order valence-electron chi connectivity index (χ0n) is 21.4. The summed E-state index contributed by atoms with van der Waals surface area (Å²) in [5.74, 6) is 1.16. The maximum atomic E-state index is 10.1. The van der Waals surface area contributed by atoms with Crippen molar-refractivity contribution < 1.29 is 8.85 Å². The summed E-state index contributed by atoms with van der Waals surface area (Å²) in [5.41, 5.74) is 0.624. The van der Waals surface area contributed by atoms with Crippen molar-refractivity contribution in [2.45, 2.75) is 129 Å². The summed E-state index contributed by atoms with van der Waals surface area (Å²) in [4.78, 5) is 0. The molecule has 0 N–H and O–H groups in total. The van der Waals surface area contributed by atoms with E-state index in [1.165, 1.54) is 0 Å². The topological polar surface area (TPSA) is 42.2 Å². The van der Waals surface area contributed by atoms with Crippen LogP contribution in [0.4, 0.5) is 0 Å². The van der Waals surface area contributed by atoms with Crippen LogP contribution >= 0.6 is 0 Å². The van der Waals surface area contributed by atoms with Gasteiger partial charge in [0.05, 0.1) is 23.0 Å². The minimum absolute atomic E-state index is 0.105. The fourth-order valence-electron chi connectivity index (χ4n) is 3.61. The van der Waals surface area contributed by atoms with Crippen LogP contribution in [0.3, 0.4) is 0 Å². The van der Waals surface area contributed by atoms with Crippen LogP contribution in [0.1, 0.15) is 87.5 Å². The zero-order valence-corrected chi connectivity index (χ0v) is 23.4. The highest BCUT2D eigenvalue weighted by atomic mass is 28.4. The molecule has 1 aliphatic carbocycles.